The number of hydrogen-bond donors (Lipinski definition) is 0. The number of halogens is 1. The van der Waals surface area contributed by atoms with E-state index in [0.717, 1.165) is 5.69 Å². The van der Waals surface area contributed by atoms with Gasteiger partial charge in [0.15, 0.2) is 6.29 Å². The zero-order chi connectivity index (χ0) is 14.4. The minimum Gasteiger partial charge on any atom is -0.297 e. The first-order valence-corrected chi connectivity index (χ1v) is 6.95. The zero-order valence-corrected chi connectivity index (χ0v) is 12.2. The van der Waals surface area contributed by atoms with Crippen LogP contribution in [0.25, 0.3) is 0 Å². The number of nitrogens with zero attached hydrogens (tertiary/aromatic N) is 3. The fourth-order valence-corrected chi connectivity index (χ4v) is 3.10. The largest absolute Gasteiger partial charge is 0.297 e. The van der Waals surface area contributed by atoms with Crippen LogP contribution in [0.4, 0.5) is 5.69 Å². The van der Waals surface area contributed by atoms with Crippen LogP contribution in [0, 0.1) is 0 Å². The van der Waals surface area contributed by atoms with Gasteiger partial charge in [0.1, 0.15) is 6.04 Å². The molecule has 2 amide bonds. The quantitative estimate of drug-likeness (QED) is 0.830. The molecule has 2 aliphatic rings. The van der Waals surface area contributed by atoms with Crippen molar-refractivity contribution in [2.45, 2.75) is 25.2 Å². The number of anilines is 1. The second-order valence-corrected chi connectivity index (χ2v) is 5.79. The van der Waals surface area contributed by atoms with Crippen molar-refractivity contribution in [1.82, 2.24) is 9.80 Å². The Kier molecular flexibility index (Phi) is 3.18. The van der Waals surface area contributed by atoms with Gasteiger partial charge >= 0.3 is 0 Å². The van der Waals surface area contributed by atoms with Crippen molar-refractivity contribution < 1.29 is 9.59 Å². The van der Waals surface area contributed by atoms with E-state index < -0.39 is 0 Å². The fraction of sp³-hybridized carbons (Fsp3) is 0.429. The smallest absolute Gasteiger partial charge is 0.252 e. The van der Waals surface area contributed by atoms with Gasteiger partial charge in [0, 0.05) is 17.1 Å². The van der Waals surface area contributed by atoms with Crippen LogP contribution < -0.4 is 4.90 Å². The SMILES string of the molecule is CN(C)C1N(c2ccc(Cl)cc2)C(=O)C2CCC(=O)N21. The van der Waals surface area contributed by atoms with Gasteiger partial charge in [-0.2, -0.15) is 0 Å². The van der Waals surface area contributed by atoms with E-state index in [1.807, 2.05) is 31.1 Å². The highest BCUT2D eigenvalue weighted by Crippen LogP contribution is 2.35. The third kappa shape index (κ3) is 1.89. The lowest BCUT2D eigenvalue weighted by atomic mass is 10.2. The van der Waals surface area contributed by atoms with Gasteiger partial charge in [0.05, 0.1) is 0 Å². The second kappa shape index (κ2) is 4.75. The number of carbonyl (C=O) groups is 2. The maximum Gasteiger partial charge on any atom is 0.252 e. The molecular formula is C14H16ClN3O2. The summed E-state index contributed by atoms with van der Waals surface area (Å²) in [6, 6.07) is 6.79. The molecule has 2 heterocycles. The lowest BCUT2D eigenvalue weighted by Crippen LogP contribution is -2.51. The Balaban J connectivity index is 2.03. The van der Waals surface area contributed by atoms with Gasteiger partial charge in [-0.25, -0.2) is 0 Å². The summed E-state index contributed by atoms with van der Waals surface area (Å²) in [4.78, 5) is 29.9. The molecule has 106 valence electrons. The zero-order valence-electron chi connectivity index (χ0n) is 11.4. The molecule has 2 fully saturated rings. The Labute approximate surface area is 122 Å². The van der Waals surface area contributed by atoms with Gasteiger partial charge in [-0.15, -0.1) is 0 Å². The van der Waals surface area contributed by atoms with Crippen LogP contribution >= 0.6 is 11.6 Å². The average Bonchev–Trinajstić information content (AvgIpc) is 2.91. The lowest BCUT2D eigenvalue weighted by molar-refractivity contribution is -0.133. The Morgan fingerprint density at radius 1 is 1.20 bits per heavy atom. The Hall–Kier alpha value is -1.59. The summed E-state index contributed by atoms with van der Waals surface area (Å²) in [6.07, 6.45) is 0.699. The topological polar surface area (TPSA) is 43.9 Å². The summed E-state index contributed by atoms with van der Waals surface area (Å²) in [5.41, 5.74) is 0.764. The Bertz CT molecular complexity index is 558. The highest BCUT2D eigenvalue weighted by molar-refractivity contribution is 6.30. The van der Waals surface area contributed by atoms with E-state index >= 15 is 0 Å². The third-order valence-corrected chi connectivity index (χ3v) is 4.08. The summed E-state index contributed by atoms with van der Waals surface area (Å²) in [7, 11) is 3.74. The normalized spacial score (nSPS) is 25.8. The van der Waals surface area contributed by atoms with Gasteiger partial charge in [0.25, 0.3) is 5.91 Å². The van der Waals surface area contributed by atoms with Gasteiger partial charge in [-0.3, -0.25) is 24.3 Å². The van der Waals surface area contributed by atoms with E-state index in [0.29, 0.717) is 17.9 Å². The van der Waals surface area contributed by atoms with Crippen molar-refractivity contribution >= 4 is 29.1 Å². The third-order valence-electron chi connectivity index (χ3n) is 3.82. The maximum absolute atomic E-state index is 12.6. The Morgan fingerprint density at radius 2 is 1.85 bits per heavy atom. The summed E-state index contributed by atoms with van der Waals surface area (Å²) in [5.74, 6) is 0.0235. The van der Waals surface area contributed by atoms with Crippen molar-refractivity contribution in [3.63, 3.8) is 0 Å². The number of amides is 2. The van der Waals surface area contributed by atoms with Gasteiger partial charge < -0.3 is 0 Å². The molecular weight excluding hydrogens is 278 g/mol. The minimum atomic E-state index is -0.358. The summed E-state index contributed by atoms with van der Waals surface area (Å²) < 4.78 is 0. The predicted molar refractivity (Wildman–Crippen MR) is 76.3 cm³/mol. The molecule has 0 bridgehead atoms. The summed E-state index contributed by atoms with van der Waals surface area (Å²) >= 11 is 5.89. The van der Waals surface area contributed by atoms with Crippen LogP contribution in [-0.4, -0.2) is 48.0 Å². The van der Waals surface area contributed by atoms with Gasteiger partial charge in [-0.1, -0.05) is 11.6 Å². The van der Waals surface area contributed by atoms with Crippen molar-refractivity contribution in [2.75, 3.05) is 19.0 Å². The molecule has 2 saturated heterocycles. The molecule has 0 aliphatic carbocycles. The van der Waals surface area contributed by atoms with E-state index in [9.17, 15) is 9.59 Å². The van der Waals surface area contributed by atoms with E-state index in [2.05, 4.69) is 0 Å². The molecule has 0 spiro atoms. The van der Waals surface area contributed by atoms with Crippen molar-refractivity contribution in [2.24, 2.45) is 0 Å². The van der Waals surface area contributed by atoms with Crippen LogP contribution in [0.2, 0.25) is 5.02 Å². The first-order chi connectivity index (χ1) is 9.50. The lowest BCUT2D eigenvalue weighted by Gasteiger charge is -2.34. The highest BCUT2D eigenvalue weighted by atomic mass is 35.5. The van der Waals surface area contributed by atoms with E-state index in [1.54, 1.807) is 21.9 Å². The van der Waals surface area contributed by atoms with Crippen LogP contribution in [-0.2, 0) is 9.59 Å². The Morgan fingerprint density at radius 3 is 2.45 bits per heavy atom. The van der Waals surface area contributed by atoms with Crippen LogP contribution in [0.15, 0.2) is 24.3 Å². The molecule has 6 heteroatoms. The molecule has 5 nitrogen and oxygen atoms in total. The van der Waals surface area contributed by atoms with Crippen LogP contribution in [0.5, 0.6) is 0 Å². The van der Waals surface area contributed by atoms with Crippen molar-refractivity contribution in [1.29, 1.82) is 0 Å². The molecule has 0 N–H and O–H groups in total. The van der Waals surface area contributed by atoms with E-state index in [1.165, 1.54) is 0 Å². The van der Waals surface area contributed by atoms with Crippen LogP contribution in [0.3, 0.4) is 0 Å². The molecule has 20 heavy (non-hydrogen) atoms. The molecule has 2 unspecified atom stereocenters. The van der Waals surface area contributed by atoms with E-state index in [-0.39, 0.29) is 24.1 Å². The first kappa shape index (κ1) is 13.4. The van der Waals surface area contributed by atoms with Crippen LogP contribution in [0.1, 0.15) is 12.8 Å². The molecule has 0 aromatic heterocycles. The average molecular weight is 294 g/mol. The number of benzene rings is 1. The molecule has 0 radical (unpaired) electrons. The van der Waals surface area contributed by atoms with E-state index in [4.69, 9.17) is 11.6 Å². The van der Waals surface area contributed by atoms with Crippen molar-refractivity contribution in [3.8, 4) is 0 Å². The maximum atomic E-state index is 12.6. The number of rotatable bonds is 2. The number of hydrogen-bond acceptors (Lipinski definition) is 3. The molecule has 3 rings (SSSR count). The molecule has 1 aromatic rings. The van der Waals surface area contributed by atoms with Crippen molar-refractivity contribution in [3.05, 3.63) is 29.3 Å². The summed E-state index contributed by atoms with van der Waals surface area (Å²) in [5, 5.41) is 0.623. The second-order valence-electron chi connectivity index (χ2n) is 5.35. The first-order valence-electron chi connectivity index (χ1n) is 6.57. The molecule has 2 aliphatic heterocycles. The molecule has 1 aromatic carbocycles. The standard InChI is InChI=1S/C14H16ClN3O2/c1-16(2)14-17(10-5-3-9(15)4-6-10)13(20)11-7-8-12(19)18(11)14/h3-6,11,14H,7-8H2,1-2H3. The molecule has 0 saturated carbocycles. The highest BCUT2D eigenvalue weighted by Gasteiger charge is 2.52. The van der Waals surface area contributed by atoms with Gasteiger partial charge in [0.2, 0.25) is 5.91 Å². The number of carbonyl (C=O) groups excluding carboxylic acids is 2. The minimum absolute atomic E-state index is 0.0168. The monoisotopic (exact) mass is 293 g/mol. The predicted octanol–water partition coefficient (Wildman–Crippen LogP) is 1.52. The fourth-order valence-electron chi connectivity index (χ4n) is 2.98. The van der Waals surface area contributed by atoms with Gasteiger partial charge in [-0.05, 0) is 44.8 Å². The number of fused-ring (bicyclic) bond motifs is 1. The summed E-state index contributed by atoms with van der Waals surface area (Å²) in [6.45, 7) is 0. The molecule has 2 atom stereocenters.